The number of para-hydroxylation sites is 2. The minimum atomic E-state index is -4.54. The van der Waals surface area contributed by atoms with Crippen LogP contribution in [-0.2, 0) is 6.18 Å². The van der Waals surface area contributed by atoms with E-state index in [1.54, 1.807) is 4.90 Å². The van der Waals surface area contributed by atoms with Crippen LogP contribution in [-0.4, -0.2) is 10.9 Å². The van der Waals surface area contributed by atoms with Gasteiger partial charge in [0.05, 0.1) is 17.3 Å². The second-order valence-corrected chi connectivity index (χ2v) is 8.55. The van der Waals surface area contributed by atoms with Crippen LogP contribution in [0.4, 0.5) is 18.9 Å². The van der Waals surface area contributed by atoms with Gasteiger partial charge in [0.15, 0.2) is 0 Å². The molecule has 6 rings (SSSR count). The Morgan fingerprint density at radius 1 is 0.771 bits per heavy atom. The van der Waals surface area contributed by atoms with E-state index in [9.17, 15) is 18.0 Å². The Hall–Kier alpha value is -4.32. The number of H-pyrrole nitrogens is 1. The molecule has 1 aliphatic heterocycles. The fourth-order valence-electron chi connectivity index (χ4n) is 4.99. The zero-order valence-corrected chi connectivity index (χ0v) is 18.4. The SMILES string of the molecule is O=C(c1cccc(C(F)(F)F)c1)N1c2ccccc2-c2ccccc2C1c1c[nH]c2ccccc12. The highest BCUT2D eigenvalue weighted by molar-refractivity contribution is 6.11. The molecule has 1 atom stereocenters. The van der Waals surface area contributed by atoms with Crippen molar-refractivity contribution in [3.8, 4) is 11.1 Å². The van der Waals surface area contributed by atoms with Gasteiger partial charge in [-0.05, 0) is 41.5 Å². The first-order valence-electron chi connectivity index (χ1n) is 11.2. The summed E-state index contributed by atoms with van der Waals surface area (Å²) >= 11 is 0. The van der Waals surface area contributed by atoms with Crippen LogP contribution in [0.3, 0.4) is 0 Å². The van der Waals surface area contributed by atoms with Gasteiger partial charge in [-0.25, -0.2) is 0 Å². The number of carbonyl (C=O) groups is 1. The predicted octanol–water partition coefficient (Wildman–Crippen LogP) is 7.60. The molecule has 0 bridgehead atoms. The van der Waals surface area contributed by atoms with Crippen molar-refractivity contribution < 1.29 is 18.0 Å². The van der Waals surface area contributed by atoms with Gasteiger partial charge in [-0.1, -0.05) is 66.7 Å². The van der Waals surface area contributed by atoms with Crippen LogP contribution in [0.25, 0.3) is 22.0 Å². The summed E-state index contributed by atoms with van der Waals surface area (Å²) in [5.74, 6) is -0.492. The molecule has 0 radical (unpaired) electrons. The lowest BCUT2D eigenvalue weighted by molar-refractivity contribution is -0.137. The van der Waals surface area contributed by atoms with E-state index in [0.29, 0.717) is 5.69 Å². The van der Waals surface area contributed by atoms with Gasteiger partial charge in [-0.2, -0.15) is 13.2 Å². The number of rotatable bonds is 2. The maximum atomic E-state index is 14.0. The quantitative estimate of drug-likeness (QED) is 0.284. The third kappa shape index (κ3) is 3.41. The molecule has 0 fully saturated rings. The second kappa shape index (κ2) is 7.87. The van der Waals surface area contributed by atoms with Gasteiger partial charge in [-0.15, -0.1) is 0 Å². The van der Waals surface area contributed by atoms with E-state index in [1.807, 2.05) is 79.0 Å². The molecule has 4 aromatic carbocycles. The van der Waals surface area contributed by atoms with Crippen LogP contribution in [0, 0.1) is 0 Å². The van der Waals surface area contributed by atoms with E-state index < -0.39 is 23.7 Å². The van der Waals surface area contributed by atoms with E-state index in [4.69, 9.17) is 0 Å². The number of alkyl halides is 3. The van der Waals surface area contributed by atoms with Crippen LogP contribution in [0.1, 0.15) is 33.1 Å². The van der Waals surface area contributed by atoms with Crippen molar-refractivity contribution >= 4 is 22.5 Å². The molecular weight excluding hydrogens is 449 g/mol. The molecule has 1 aliphatic rings. The molecule has 2 heterocycles. The molecule has 0 saturated carbocycles. The number of aromatic nitrogens is 1. The highest BCUT2D eigenvalue weighted by atomic mass is 19.4. The van der Waals surface area contributed by atoms with Gasteiger partial charge in [-0.3, -0.25) is 9.69 Å². The number of nitrogens with zero attached hydrogens (tertiary/aromatic N) is 1. The van der Waals surface area contributed by atoms with Gasteiger partial charge in [0.25, 0.3) is 5.91 Å². The van der Waals surface area contributed by atoms with Gasteiger partial charge >= 0.3 is 6.18 Å². The zero-order chi connectivity index (χ0) is 24.2. The Labute approximate surface area is 199 Å². The number of anilines is 1. The summed E-state index contributed by atoms with van der Waals surface area (Å²) < 4.78 is 40.4. The fourth-order valence-corrected chi connectivity index (χ4v) is 4.99. The van der Waals surface area contributed by atoms with E-state index in [0.717, 1.165) is 45.3 Å². The highest BCUT2D eigenvalue weighted by Gasteiger charge is 2.38. The van der Waals surface area contributed by atoms with Gasteiger partial charge in [0, 0.05) is 33.8 Å². The average molecular weight is 468 g/mol. The monoisotopic (exact) mass is 468 g/mol. The number of carbonyl (C=O) groups excluding carboxylic acids is 1. The minimum Gasteiger partial charge on any atom is -0.361 e. The van der Waals surface area contributed by atoms with Crippen molar-refractivity contribution in [2.75, 3.05) is 4.90 Å². The van der Waals surface area contributed by atoms with Gasteiger partial charge < -0.3 is 4.98 Å². The Morgan fingerprint density at radius 3 is 2.31 bits per heavy atom. The van der Waals surface area contributed by atoms with Crippen LogP contribution in [0.2, 0.25) is 0 Å². The number of hydrogen-bond acceptors (Lipinski definition) is 1. The summed E-state index contributed by atoms with van der Waals surface area (Å²) in [6, 6.07) is 27.3. The molecule has 5 aromatic rings. The molecule has 0 spiro atoms. The lowest BCUT2D eigenvalue weighted by Gasteiger charge is -2.39. The van der Waals surface area contributed by atoms with Gasteiger partial charge in [0.1, 0.15) is 0 Å². The Morgan fingerprint density at radius 2 is 1.49 bits per heavy atom. The summed E-state index contributed by atoms with van der Waals surface area (Å²) in [5.41, 5.74) is 4.36. The van der Waals surface area contributed by atoms with Crippen molar-refractivity contribution in [1.82, 2.24) is 4.98 Å². The molecule has 35 heavy (non-hydrogen) atoms. The van der Waals surface area contributed by atoms with Crippen molar-refractivity contribution in [3.05, 3.63) is 126 Å². The lowest BCUT2D eigenvalue weighted by Crippen LogP contribution is -2.38. The van der Waals surface area contributed by atoms with E-state index in [1.165, 1.54) is 12.1 Å². The van der Waals surface area contributed by atoms with E-state index in [-0.39, 0.29) is 5.56 Å². The summed E-state index contributed by atoms with van der Waals surface area (Å²) in [6.45, 7) is 0. The summed E-state index contributed by atoms with van der Waals surface area (Å²) in [6.07, 6.45) is -2.66. The number of nitrogens with one attached hydrogen (secondary N) is 1. The fraction of sp³-hybridized carbons (Fsp3) is 0.0690. The molecule has 3 nitrogen and oxygen atoms in total. The van der Waals surface area contributed by atoms with Crippen molar-refractivity contribution in [1.29, 1.82) is 0 Å². The van der Waals surface area contributed by atoms with Crippen molar-refractivity contribution in [3.63, 3.8) is 0 Å². The third-order valence-corrected chi connectivity index (χ3v) is 6.54. The second-order valence-electron chi connectivity index (χ2n) is 8.55. The van der Waals surface area contributed by atoms with Crippen LogP contribution in [0.15, 0.2) is 103 Å². The third-order valence-electron chi connectivity index (χ3n) is 6.54. The standard InChI is InChI=1S/C29H19F3N2O/c30-29(31,32)19-9-7-8-18(16-19)28(35)34-26-15-6-4-12-22(26)20-10-1-2-13-23(20)27(34)24-17-33-25-14-5-3-11-21(24)25/h1-17,27,33H. The molecular formula is C29H19F3N2O. The average Bonchev–Trinajstić information content (AvgIpc) is 3.31. The van der Waals surface area contributed by atoms with E-state index >= 15 is 0 Å². The Balaban J connectivity index is 1.61. The number of amides is 1. The maximum Gasteiger partial charge on any atom is 0.416 e. The molecule has 6 heteroatoms. The molecule has 0 aliphatic carbocycles. The summed E-state index contributed by atoms with van der Waals surface area (Å²) in [4.78, 5) is 19.0. The molecule has 1 aromatic heterocycles. The Kier molecular flexibility index (Phi) is 4.78. The Bertz CT molecular complexity index is 1580. The smallest absolute Gasteiger partial charge is 0.361 e. The van der Waals surface area contributed by atoms with Crippen molar-refractivity contribution in [2.24, 2.45) is 0 Å². The minimum absolute atomic E-state index is 0.0150. The molecule has 1 N–H and O–H groups in total. The van der Waals surface area contributed by atoms with Crippen LogP contribution >= 0.6 is 0 Å². The molecule has 1 unspecified atom stereocenters. The number of hydrogen-bond donors (Lipinski definition) is 1. The molecule has 1 amide bonds. The van der Waals surface area contributed by atoms with E-state index in [2.05, 4.69) is 4.98 Å². The predicted molar refractivity (Wildman–Crippen MR) is 130 cm³/mol. The summed E-state index contributed by atoms with van der Waals surface area (Å²) in [5, 5.41) is 0.952. The first-order chi connectivity index (χ1) is 16.9. The zero-order valence-electron chi connectivity index (χ0n) is 18.4. The first kappa shape index (κ1) is 21.2. The largest absolute Gasteiger partial charge is 0.416 e. The number of halogens is 3. The van der Waals surface area contributed by atoms with Crippen LogP contribution in [0.5, 0.6) is 0 Å². The topological polar surface area (TPSA) is 36.1 Å². The maximum absolute atomic E-state index is 14.0. The van der Waals surface area contributed by atoms with Gasteiger partial charge in [0.2, 0.25) is 0 Å². The number of fused-ring (bicyclic) bond motifs is 4. The lowest BCUT2D eigenvalue weighted by atomic mass is 9.84. The van der Waals surface area contributed by atoms with Crippen LogP contribution < -0.4 is 4.90 Å². The number of benzene rings is 4. The normalized spacial score (nSPS) is 15.1. The van der Waals surface area contributed by atoms with Crippen molar-refractivity contribution in [2.45, 2.75) is 12.2 Å². The first-order valence-corrected chi connectivity index (χ1v) is 11.2. The molecule has 0 saturated heterocycles. The highest BCUT2D eigenvalue weighted by Crippen LogP contribution is 2.49. The number of aromatic amines is 1. The molecule has 172 valence electrons. The summed E-state index contributed by atoms with van der Waals surface area (Å²) in [7, 11) is 0.